The number of imidazole rings is 1. The van der Waals surface area contributed by atoms with Crippen molar-refractivity contribution in [3.8, 4) is 17.1 Å². The van der Waals surface area contributed by atoms with E-state index in [1.54, 1.807) is 0 Å². The Morgan fingerprint density at radius 1 is 0.688 bits per heavy atom. The fourth-order valence-corrected chi connectivity index (χ4v) is 5.85. The molecule has 0 amide bonds. The Hall–Kier alpha value is -3.85. The third kappa shape index (κ3) is 2.04. The van der Waals surface area contributed by atoms with Gasteiger partial charge in [0.2, 0.25) is 5.95 Å². The van der Waals surface area contributed by atoms with Crippen LogP contribution in [0.1, 0.15) is 25.0 Å². The molecule has 4 aromatic carbocycles. The standard InChI is InChI=1S/C29H23N3/c1-29(2)22-12-6-4-10-18(22)20-16-17-21-19-11-5-8-14-24(19)32(27(21)26(20)29)28-30-23-13-7-9-15-25(23)31(28)3/h4-17H,1-3H3. The molecule has 0 spiro atoms. The molecule has 2 aromatic heterocycles. The summed E-state index contributed by atoms with van der Waals surface area (Å²) in [5.74, 6) is 0.956. The smallest absolute Gasteiger partial charge is 0.215 e. The maximum absolute atomic E-state index is 5.10. The second kappa shape index (κ2) is 5.89. The van der Waals surface area contributed by atoms with Gasteiger partial charge < -0.3 is 4.57 Å². The van der Waals surface area contributed by atoms with E-state index in [2.05, 4.69) is 115 Å². The lowest BCUT2D eigenvalue weighted by atomic mass is 9.81. The summed E-state index contributed by atoms with van der Waals surface area (Å²) in [6, 6.07) is 30.5. The molecule has 0 saturated heterocycles. The van der Waals surface area contributed by atoms with Crippen LogP contribution >= 0.6 is 0 Å². The average Bonchev–Trinajstić information content (AvgIpc) is 3.40. The summed E-state index contributed by atoms with van der Waals surface area (Å²) in [5.41, 5.74) is 9.99. The van der Waals surface area contributed by atoms with Gasteiger partial charge in [0.25, 0.3) is 0 Å². The molecule has 0 fully saturated rings. The normalized spacial score (nSPS) is 14.3. The highest BCUT2D eigenvalue weighted by Gasteiger charge is 2.38. The van der Waals surface area contributed by atoms with Crippen molar-refractivity contribution in [2.75, 3.05) is 0 Å². The van der Waals surface area contributed by atoms with Crippen LogP contribution in [0.3, 0.4) is 0 Å². The van der Waals surface area contributed by atoms with E-state index in [0.29, 0.717) is 0 Å². The van der Waals surface area contributed by atoms with Gasteiger partial charge in [0.1, 0.15) is 0 Å². The summed E-state index contributed by atoms with van der Waals surface area (Å²) in [6.45, 7) is 4.71. The highest BCUT2D eigenvalue weighted by Crippen LogP contribution is 2.52. The lowest BCUT2D eigenvalue weighted by molar-refractivity contribution is 0.663. The van der Waals surface area contributed by atoms with Crippen molar-refractivity contribution in [2.45, 2.75) is 19.3 Å². The molecule has 0 bridgehead atoms. The van der Waals surface area contributed by atoms with Crippen molar-refractivity contribution in [3.63, 3.8) is 0 Å². The Labute approximate surface area is 186 Å². The Kier molecular flexibility index (Phi) is 3.27. The molecule has 32 heavy (non-hydrogen) atoms. The maximum atomic E-state index is 5.10. The number of hydrogen-bond donors (Lipinski definition) is 0. The molecule has 7 rings (SSSR count). The molecule has 0 saturated carbocycles. The maximum Gasteiger partial charge on any atom is 0.215 e. The number of benzene rings is 4. The molecule has 1 aliphatic carbocycles. The molecule has 0 unspecified atom stereocenters. The lowest BCUT2D eigenvalue weighted by Gasteiger charge is -2.23. The van der Waals surface area contributed by atoms with Crippen molar-refractivity contribution in [3.05, 3.63) is 96.1 Å². The van der Waals surface area contributed by atoms with Crippen molar-refractivity contribution in [1.82, 2.24) is 14.1 Å². The summed E-state index contributed by atoms with van der Waals surface area (Å²) in [7, 11) is 2.12. The monoisotopic (exact) mass is 413 g/mol. The number of fused-ring (bicyclic) bond motifs is 8. The zero-order valence-corrected chi connectivity index (χ0v) is 18.4. The summed E-state index contributed by atoms with van der Waals surface area (Å²) in [4.78, 5) is 5.10. The zero-order valence-electron chi connectivity index (χ0n) is 18.4. The van der Waals surface area contributed by atoms with Crippen LogP contribution in [0.5, 0.6) is 0 Å². The van der Waals surface area contributed by atoms with Gasteiger partial charge >= 0.3 is 0 Å². The number of para-hydroxylation sites is 3. The summed E-state index contributed by atoms with van der Waals surface area (Å²) in [5, 5.41) is 2.55. The summed E-state index contributed by atoms with van der Waals surface area (Å²) >= 11 is 0. The van der Waals surface area contributed by atoms with Crippen LogP contribution in [0.15, 0.2) is 84.9 Å². The second-order valence-electron chi connectivity index (χ2n) is 9.37. The third-order valence-electron chi connectivity index (χ3n) is 7.32. The predicted molar refractivity (Wildman–Crippen MR) is 133 cm³/mol. The molecular formula is C29H23N3. The van der Waals surface area contributed by atoms with Crippen molar-refractivity contribution >= 4 is 32.8 Å². The highest BCUT2D eigenvalue weighted by molar-refractivity contribution is 6.13. The van der Waals surface area contributed by atoms with E-state index in [-0.39, 0.29) is 5.41 Å². The van der Waals surface area contributed by atoms with Gasteiger partial charge in [-0.2, -0.15) is 0 Å². The minimum Gasteiger partial charge on any atom is -0.313 e. The van der Waals surface area contributed by atoms with E-state index in [1.165, 1.54) is 44.1 Å². The summed E-state index contributed by atoms with van der Waals surface area (Å²) in [6.07, 6.45) is 0. The van der Waals surface area contributed by atoms with E-state index >= 15 is 0 Å². The minimum atomic E-state index is -0.0951. The number of rotatable bonds is 1. The van der Waals surface area contributed by atoms with Crippen LogP contribution < -0.4 is 0 Å². The van der Waals surface area contributed by atoms with E-state index in [4.69, 9.17) is 4.98 Å². The number of nitrogens with zero attached hydrogens (tertiary/aromatic N) is 3. The SMILES string of the molecule is Cn1c(-n2c3ccccc3c3ccc4c(c32)C(C)(C)c2ccccc2-4)nc2ccccc21. The second-order valence-corrected chi connectivity index (χ2v) is 9.37. The number of aromatic nitrogens is 3. The number of aryl methyl sites for hydroxylation is 1. The van der Waals surface area contributed by atoms with E-state index in [1.807, 2.05) is 0 Å². The van der Waals surface area contributed by atoms with Crippen LogP contribution in [-0.4, -0.2) is 14.1 Å². The molecule has 3 heteroatoms. The fourth-order valence-electron chi connectivity index (χ4n) is 5.85. The van der Waals surface area contributed by atoms with Crippen LogP contribution in [0.25, 0.3) is 49.9 Å². The van der Waals surface area contributed by atoms with Gasteiger partial charge in [-0.3, -0.25) is 4.57 Å². The van der Waals surface area contributed by atoms with Gasteiger partial charge in [0, 0.05) is 23.2 Å². The van der Waals surface area contributed by atoms with Crippen LogP contribution in [0, 0.1) is 0 Å². The lowest BCUT2D eigenvalue weighted by Crippen LogP contribution is -2.17. The van der Waals surface area contributed by atoms with Gasteiger partial charge in [0.05, 0.1) is 22.1 Å². The quantitative estimate of drug-likeness (QED) is 0.285. The topological polar surface area (TPSA) is 22.8 Å². The van der Waals surface area contributed by atoms with Gasteiger partial charge in [-0.15, -0.1) is 0 Å². The van der Waals surface area contributed by atoms with Crippen molar-refractivity contribution in [1.29, 1.82) is 0 Å². The van der Waals surface area contributed by atoms with Gasteiger partial charge in [-0.05, 0) is 40.5 Å². The molecule has 154 valence electrons. The molecule has 0 radical (unpaired) electrons. The van der Waals surface area contributed by atoms with Crippen molar-refractivity contribution in [2.24, 2.45) is 7.05 Å². The van der Waals surface area contributed by atoms with E-state index in [9.17, 15) is 0 Å². The molecule has 2 heterocycles. The Bertz CT molecular complexity index is 1710. The average molecular weight is 414 g/mol. The van der Waals surface area contributed by atoms with E-state index in [0.717, 1.165) is 17.0 Å². The zero-order chi connectivity index (χ0) is 21.6. The molecule has 1 aliphatic rings. The molecule has 0 N–H and O–H groups in total. The van der Waals surface area contributed by atoms with Crippen LogP contribution in [0.4, 0.5) is 0 Å². The largest absolute Gasteiger partial charge is 0.313 e. The van der Waals surface area contributed by atoms with Crippen LogP contribution in [-0.2, 0) is 12.5 Å². The third-order valence-corrected chi connectivity index (χ3v) is 7.32. The predicted octanol–water partition coefficient (Wildman–Crippen LogP) is 6.98. The first-order valence-electron chi connectivity index (χ1n) is 11.2. The first-order chi connectivity index (χ1) is 15.6. The highest BCUT2D eigenvalue weighted by atomic mass is 15.2. The minimum absolute atomic E-state index is 0.0951. The Balaban J connectivity index is 1.71. The first-order valence-corrected chi connectivity index (χ1v) is 11.2. The van der Waals surface area contributed by atoms with Gasteiger partial charge in [-0.1, -0.05) is 80.6 Å². The molecular weight excluding hydrogens is 390 g/mol. The van der Waals surface area contributed by atoms with Crippen molar-refractivity contribution < 1.29 is 0 Å². The molecule has 3 nitrogen and oxygen atoms in total. The first kappa shape index (κ1) is 17.8. The van der Waals surface area contributed by atoms with Gasteiger partial charge in [0.15, 0.2) is 0 Å². The van der Waals surface area contributed by atoms with Crippen LogP contribution in [0.2, 0.25) is 0 Å². The van der Waals surface area contributed by atoms with E-state index < -0.39 is 0 Å². The Morgan fingerprint density at radius 2 is 1.41 bits per heavy atom. The molecule has 0 aliphatic heterocycles. The molecule has 6 aromatic rings. The molecule has 0 atom stereocenters. The Morgan fingerprint density at radius 3 is 2.25 bits per heavy atom. The summed E-state index contributed by atoms with van der Waals surface area (Å²) < 4.78 is 4.60. The number of hydrogen-bond acceptors (Lipinski definition) is 1. The fraction of sp³-hybridized carbons (Fsp3) is 0.138. The van der Waals surface area contributed by atoms with Gasteiger partial charge in [-0.25, -0.2) is 4.98 Å².